The van der Waals surface area contributed by atoms with Gasteiger partial charge < -0.3 is 30.0 Å². The summed E-state index contributed by atoms with van der Waals surface area (Å²) in [6.07, 6.45) is 0.771. The number of aliphatic hydroxyl groups excluding tert-OH is 1. The van der Waals surface area contributed by atoms with Crippen LogP contribution in [-0.2, 0) is 32.0 Å². The van der Waals surface area contributed by atoms with E-state index in [1.165, 1.54) is 0 Å². The van der Waals surface area contributed by atoms with Gasteiger partial charge in [0, 0.05) is 31.3 Å². The summed E-state index contributed by atoms with van der Waals surface area (Å²) < 4.78 is 17.3. The smallest absolute Gasteiger partial charge is 0.408 e. The average molecular weight is 776 g/mol. The van der Waals surface area contributed by atoms with Crippen molar-refractivity contribution in [1.82, 2.24) is 26.1 Å². The van der Waals surface area contributed by atoms with Crippen LogP contribution in [0.2, 0.25) is 0 Å². The molecule has 308 valence electrons. The Balaban J connectivity index is 1.87. The zero-order valence-electron chi connectivity index (χ0n) is 35.3. The highest BCUT2D eigenvalue weighted by Crippen LogP contribution is 2.24. The predicted molar refractivity (Wildman–Crippen MR) is 219 cm³/mol. The van der Waals surface area contributed by atoms with E-state index in [-0.39, 0.29) is 18.7 Å². The van der Waals surface area contributed by atoms with Crippen LogP contribution < -0.4 is 16.1 Å². The van der Waals surface area contributed by atoms with Crippen LogP contribution in [0.4, 0.5) is 9.59 Å². The largest absolute Gasteiger partial charge is 0.444 e. The van der Waals surface area contributed by atoms with E-state index in [1.54, 1.807) is 45.8 Å². The van der Waals surface area contributed by atoms with Crippen LogP contribution >= 0.6 is 0 Å². The number of hydrogen-bond donors (Lipinski definition) is 4. The molecule has 12 nitrogen and oxygen atoms in total. The van der Waals surface area contributed by atoms with Crippen LogP contribution in [0.1, 0.15) is 100 Å². The van der Waals surface area contributed by atoms with Crippen molar-refractivity contribution >= 4 is 18.1 Å². The molecule has 3 amide bonds. The number of aliphatic hydroxyl groups is 1. The molecule has 0 radical (unpaired) electrons. The van der Waals surface area contributed by atoms with Crippen molar-refractivity contribution in [1.29, 1.82) is 0 Å². The van der Waals surface area contributed by atoms with E-state index < -0.39 is 52.9 Å². The van der Waals surface area contributed by atoms with Gasteiger partial charge in [-0.2, -0.15) is 0 Å². The predicted octanol–water partition coefficient (Wildman–Crippen LogP) is 7.59. The molecular formula is C44H65N5O7. The first-order valence-electron chi connectivity index (χ1n) is 19.5. The summed E-state index contributed by atoms with van der Waals surface area (Å²) in [5.74, 6) is -0.502. The van der Waals surface area contributed by atoms with Crippen molar-refractivity contribution in [3.8, 4) is 11.3 Å². The Kier molecular flexibility index (Phi) is 16.4. The minimum atomic E-state index is -1.16. The molecule has 1 heterocycles. The zero-order chi connectivity index (χ0) is 41.7. The first kappa shape index (κ1) is 45.9. The first-order valence-corrected chi connectivity index (χ1v) is 19.5. The summed E-state index contributed by atoms with van der Waals surface area (Å²) in [6, 6.07) is 21.2. The summed E-state index contributed by atoms with van der Waals surface area (Å²) in [7, 11) is 0. The van der Waals surface area contributed by atoms with Crippen molar-refractivity contribution in [3.63, 3.8) is 0 Å². The number of nitrogens with one attached hydrogen (secondary N) is 3. The number of aromatic nitrogens is 1. The molecule has 0 spiro atoms. The zero-order valence-corrected chi connectivity index (χ0v) is 35.3. The third kappa shape index (κ3) is 16.3. The lowest BCUT2D eigenvalue weighted by Crippen LogP contribution is -2.59. The summed E-state index contributed by atoms with van der Waals surface area (Å²) in [4.78, 5) is 45.0. The van der Waals surface area contributed by atoms with Gasteiger partial charge in [0.25, 0.3) is 5.91 Å². The maximum absolute atomic E-state index is 14.2. The number of hydrogen-bond acceptors (Lipinski definition) is 9. The molecule has 3 atom stereocenters. The van der Waals surface area contributed by atoms with E-state index >= 15 is 0 Å². The highest BCUT2D eigenvalue weighted by atomic mass is 16.6. The molecule has 0 aliphatic carbocycles. The Labute approximate surface area is 334 Å². The number of alkyl carbamates (subject to hydrolysis) is 2. The van der Waals surface area contributed by atoms with Crippen LogP contribution in [0.3, 0.4) is 0 Å². The number of nitrogens with zero attached hydrogens (tertiary/aromatic N) is 2. The highest BCUT2D eigenvalue weighted by Gasteiger charge is 2.36. The summed E-state index contributed by atoms with van der Waals surface area (Å²) in [5.41, 5.74) is 3.82. The Hall–Kier alpha value is -4.52. The molecule has 2 aromatic carbocycles. The second-order valence-electron chi connectivity index (χ2n) is 17.6. The fourth-order valence-corrected chi connectivity index (χ4v) is 5.67. The van der Waals surface area contributed by atoms with Crippen LogP contribution in [0.25, 0.3) is 11.3 Å². The first-order chi connectivity index (χ1) is 26.1. The van der Waals surface area contributed by atoms with Gasteiger partial charge in [-0.3, -0.25) is 15.2 Å². The van der Waals surface area contributed by atoms with Gasteiger partial charge in [-0.05, 0) is 90.0 Å². The van der Waals surface area contributed by atoms with Gasteiger partial charge in [-0.15, -0.1) is 0 Å². The van der Waals surface area contributed by atoms with Crippen molar-refractivity contribution in [2.75, 3.05) is 13.2 Å². The molecule has 12 heteroatoms. The van der Waals surface area contributed by atoms with Gasteiger partial charge in [0.1, 0.15) is 17.2 Å². The maximum atomic E-state index is 14.2. The Morgan fingerprint density at radius 1 is 0.768 bits per heavy atom. The SMILES string of the molecule is CCC(C)(C)OCCC(C)(C)OC(=O)NC(C(=O)NN(Cc1ccc(-c2ccccn2)cc1)CC(O)C(Cc1ccccc1)NC(=O)OC(C)(C)C)C(C)(C)C. The van der Waals surface area contributed by atoms with Crippen LogP contribution in [0.15, 0.2) is 79.0 Å². The number of pyridine rings is 1. The third-order valence-electron chi connectivity index (χ3n) is 9.24. The second kappa shape index (κ2) is 20.1. The van der Waals surface area contributed by atoms with Gasteiger partial charge >= 0.3 is 12.2 Å². The Morgan fingerprint density at radius 2 is 1.39 bits per heavy atom. The topological polar surface area (TPSA) is 151 Å². The number of carbonyl (C=O) groups is 3. The van der Waals surface area contributed by atoms with E-state index in [0.29, 0.717) is 19.4 Å². The molecular weight excluding hydrogens is 711 g/mol. The van der Waals surface area contributed by atoms with Gasteiger partial charge in [-0.1, -0.05) is 88.4 Å². The van der Waals surface area contributed by atoms with Crippen LogP contribution in [0.5, 0.6) is 0 Å². The Morgan fingerprint density at radius 3 is 1.96 bits per heavy atom. The molecule has 3 rings (SSSR count). The van der Waals surface area contributed by atoms with Gasteiger partial charge in [-0.25, -0.2) is 14.6 Å². The van der Waals surface area contributed by atoms with Crippen LogP contribution in [0, 0.1) is 5.41 Å². The Bertz CT molecular complexity index is 1670. The number of rotatable bonds is 18. The van der Waals surface area contributed by atoms with Gasteiger partial charge in [0.05, 0.1) is 30.0 Å². The molecule has 3 unspecified atom stereocenters. The third-order valence-corrected chi connectivity index (χ3v) is 9.24. The molecule has 0 bridgehead atoms. The molecule has 0 aliphatic heterocycles. The fraction of sp³-hybridized carbons (Fsp3) is 0.545. The average Bonchev–Trinajstić information content (AvgIpc) is 3.09. The molecule has 0 saturated carbocycles. The second-order valence-corrected chi connectivity index (χ2v) is 17.6. The molecule has 1 aromatic heterocycles. The monoisotopic (exact) mass is 775 g/mol. The van der Waals surface area contributed by atoms with Crippen molar-refractivity contribution in [2.24, 2.45) is 5.41 Å². The van der Waals surface area contributed by atoms with E-state index in [2.05, 4.69) is 28.0 Å². The number of amides is 3. The summed E-state index contributed by atoms with van der Waals surface area (Å²) in [6.45, 7) is 21.1. The molecule has 4 N–H and O–H groups in total. The van der Waals surface area contributed by atoms with E-state index in [4.69, 9.17) is 14.2 Å². The highest BCUT2D eigenvalue weighted by molar-refractivity contribution is 5.86. The summed E-state index contributed by atoms with van der Waals surface area (Å²) in [5, 5.41) is 19.1. The molecule has 56 heavy (non-hydrogen) atoms. The van der Waals surface area contributed by atoms with E-state index in [0.717, 1.165) is 28.8 Å². The van der Waals surface area contributed by atoms with Gasteiger partial charge in [0.2, 0.25) is 0 Å². The summed E-state index contributed by atoms with van der Waals surface area (Å²) >= 11 is 0. The van der Waals surface area contributed by atoms with E-state index in [9.17, 15) is 19.5 Å². The number of benzene rings is 2. The fourth-order valence-electron chi connectivity index (χ4n) is 5.67. The lowest BCUT2D eigenvalue weighted by atomic mass is 9.86. The number of ether oxygens (including phenoxy) is 3. The molecule has 0 fully saturated rings. The lowest BCUT2D eigenvalue weighted by Gasteiger charge is -2.35. The minimum Gasteiger partial charge on any atom is -0.444 e. The molecule has 3 aromatic rings. The van der Waals surface area contributed by atoms with Crippen LogP contribution in [-0.4, -0.2) is 81.3 Å². The molecule has 0 saturated heterocycles. The number of hydrazine groups is 1. The van der Waals surface area contributed by atoms with Crippen molar-refractivity contribution in [3.05, 3.63) is 90.1 Å². The maximum Gasteiger partial charge on any atom is 0.408 e. The van der Waals surface area contributed by atoms with Gasteiger partial charge in [0.15, 0.2) is 0 Å². The van der Waals surface area contributed by atoms with Crippen molar-refractivity contribution in [2.45, 2.75) is 137 Å². The van der Waals surface area contributed by atoms with E-state index in [1.807, 2.05) is 107 Å². The standard InChI is InChI=1S/C44H65N5O7/c1-12-43(8,9)54-27-25-44(10,11)56-40(53)47-37(41(2,3)4)38(51)48-49(29-32-21-23-33(24-22-32)34-20-16-17-26-45-34)30-36(50)35(28-31-18-14-13-15-19-31)46-39(52)55-42(5,6)7/h13-24,26,35-37,50H,12,25,27-30H2,1-11H3,(H,46,52)(H,47,53)(H,48,51). The number of carbonyl (C=O) groups excluding carboxylic acids is 3. The lowest BCUT2D eigenvalue weighted by molar-refractivity contribution is -0.131. The van der Waals surface area contributed by atoms with Crippen molar-refractivity contribution < 1.29 is 33.7 Å². The minimum absolute atomic E-state index is 0.0799. The quantitative estimate of drug-likeness (QED) is 0.0959. The normalized spacial score (nSPS) is 14.0. The molecule has 0 aliphatic rings.